The van der Waals surface area contributed by atoms with Crippen molar-refractivity contribution < 1.29 is 13.2 Å². The maximum Gasteiger partial charge on any atom is 0.283 e. The molecule has 1 aliphatic heterocycles. The fourth-order valence-corrected chi connectivity index (χ4v) is 6.15. The van der Waals surface area contributed by atoms with Crippen LogP contribution >= 0.6 is 11.6 Å². The molecule has 1 fully saturated rings. The fourth-order valence-electron chi connectivity index (χ4n) is 4.73. The van der Waals surface area contributed by atoms with Crippen molar-refractivity contribution >= 4 is 27.3 Å². The number of aromatic nitrogens is 5. The zero-order chi connectivity index (χ0) is 26.8. The van der Waals surface area contributed by atoms with Crippen LogP contribution in [0.3, 0.4) is 0 Å². The van der Waals surface area contributed by atoms with E-state index in [9.17, 15) is 8.42 Å². The number of ether oxygens (including phenoxy) is 1. The normalized spacial score (nSPS) is 14.3. The van der Waals surface area contributed by atoms with Gasteiger partial charge >= 0.3 is 0 Å². The standard InChI is InChI=1S/C28H27ClN6O3S/c29-23-5-3-6-25(18-23)39(36,37)34-20-22(19-30-34)26-7-4-8-28-31-27(32-35(26)28)17-21-9-11-24(12-10-21)38-16-15-33-13-1-2-14-33/h3-12,18-20H,1-2,13-17H2. The Labute approximate surface area is 231 Å². The van der Waals surface area contributed by atoms with Crippen molar-refractivity contribution in [1.29, 1.82) is 0 Å². The number of hydrogen-bond acceptors (Lipinski definition) is 7. The third kappa shape index (κ3) is 5.54. The lowest BCUT2D eigenvalue weighted by Gasteiger charge is -2.14. The summed E-state index contributed by atoms with van der Waals surface area (Å²) in [6.07, 6.45) is 6.08. The molecule has 0 aliphatic carbocycles. The van der Waals surface area contributed by atoms with Crippen LogP contribution in [0.25, 0.3) is 16.9 Å². The van der Waals surface area contributed by atoms with Crippen molar-refractivity contribution in [3.8, 4) is 17.0 Å². The topological polar surface area (TPSA) is 94.6 Å². The molecule has 0 radical (unpaired) electrons. The van der Waals surface area contributed by atoms with Gasteiger partial charge in [0, 0.05) is 23.6 Å². The van der Waals surface area contributed by atoms with Crippen molar-refractivity contribution in [2.24, 2.45) is 0 Å². The first kappa shape index (κ1) is 25.5. The van der Waals surface area contributed by atoms with Gasteiger partial charge in [-0.05, 0) is 74.0 Å². The number of hydrogen-bond donors (Lipinski definition) is 0. The first-order valence-corrected chi connectivity index (χ1v) is 14.6. The molecule has 0 bridgehead atoms. The van der Waals surface area contributed by atoms with Gasteiger partial charge in [0.25, 0.3) is 10.0 Å². The molecule has 6 rings (SSSR count). The van der Waals surface area contributed by atoms with E-state index in [1.165, 1.54) is 50.5 Å². The lowest BCUT2D eigenvalue weighted by molar-refractivity contribution is 0.238. The van der Waals surface area contributed by atoms with Gasteiger partial charge in [-0.2, -0.15) is 22.7 Å². The van der Waals surface area contributed by atoms with E-state index in [2.05, 4.69) is 15.0 Å². The third-order valence-corrected chi connectivity index (χ3v) is 8.54. The van der Waals surface area contributed by atoms with Gasteiger partial charge in [0.1, 0.15) is 12.4 Å². The largest absolute Gasteiger partial charge is 0.492 e. The zero-order valence-electron chi connectivity index (χ0n) is 21.1. The van der Waals surface area contributed by atoms with Crippen LogP contribution in [-0.4, -0.2) is 63.3 Å². The van der Waals surface area contributed by atoms with Gasteiger partial charge in [-0.1, -0.05) is 35.9 Å². The minimum Gasteiger partial charge on any atom is -0.492 e. The van der Waals surface area contributed by atoms with Crippen LogP contribution in [0.15, 0.2) is 84.0 Å². The van der Waals surface area contributed by atoms with Crippen LogP contribution in [0.4, 0.5) is 0 Å². The molecule has 0 amide bonds. The smallest absolute Gasteiger partial charge is 0.283 e. The Balaban J connectivity index is 1.18. The first-order chi connectivity index (χ1) is 19.0. The summed E-state index contributed by atoms with van der Waals surface area (Å²) in [5.74, 6) is 1.51. The van der Waals surface area contributed by atoms with Gasteiger partial charge < -0.3 is 4.74 Å². The van der Waals surface area contributed by atoms with Gasteiger partial charge in [-0.25, -0.2) is 9.50 Å². The molecule has 0 spiro atoms. The summed E-state index contributed by atoms with van der Waals surface area (Å²) in [6.45, 7) is 3.98. The second-order valence-corrected chi connectivity index (χ2v) is 11.7. The SMILES string of the molecule is O=S(=O)(c1cccc(Cl)c1)n1cc(-c2cccc3nc(Cc4ccc(OCCN5CCCC5)cc4)nn23)cn1. The second-order valence-electron chi connectivity index (χ2n) is 9.49. The number of halogens is 1. The molecular formula is C28H27ClN6O3S. The van der Waals surface area contributed by atoms with E-state index in [1.807, 2.05) is 42.5 Å². The Morgan fingerprint density at radius 1 is 0.974 bits per heavy atom. The van der Waals surface area contributed by atoms with E-state index in [0.29, 0.717) is 40.8 Å². The Morgan fingerprint density at radius 3 is 2.56 bits per heavy atom. The first-order valence-electron chi connectivity index (χ1n) is 12.8. The van der Waals surface area contributed by atoms with E-state index in [-0.39, 0.29) is 4.90 Å². The number of nitrogens with zero attached hydrogens (tertiary/aromatic N) is 6. The summed E-state index contributed by atoms with van der Waals surface area (Å²) in [5.41, 5.74) is 3.01. The molecule has 11 heteroatoms. The van der Waals surface area contributed by atoms with E-state index >= 15 is 0 Å². The molecular weight excluding hydrogens is 536 g/mol. The number of rotatable bonds is 9. The van der Waals surface area contributed by atoms with Crippen LogP contribution in [0.1, 0.15) is 24.2 Å². The minimum absolute atomic E-state index is 0.0638. The molecule has 200 valence electrons. The van der Waals surface area contributed by atoms with Crippen LogP contribution in [0, 0.1) is 0 Å². The number of pyridine rings is 1. The summed E-state index contributed by atoms with van der Waals surface area (Å²) in [6, 6.07) is 19.7. The van der Waals surface area contributed by atoms with Gasteiger partial charge in [0.05, 0.1) is 23.0 Å². The number of fused-ring (bicyclic) bond motifs is 1. The second kappa shape index (κ2) is 10.8. The lowest BCUT2D eigenvalue weighted by Crippen LogP contribution is -2.25. The monoisotopic (exact) mass is 562 g/mol. The summed E-state index contributed by atoms with van der Waals surface area (Å²) in [7, 11) is -3.89. The highest BCUT2D eigenvalue weighted by molar-refractivity contribution is 7.89. The Kier molecular flexibility index (Phi) is 7.07. The van der Waals surface area contributed by atoms with Gasteiger partial charge in [-0.15, -0.1) is 0 Å². The molecule has 1 aliphatic rings. The molecule has 1 saturated heterocycles. The van der Waals surface area contributed by atoms with Crippen LogP contribution in [0.2, 0.25) is 5.02 Å². The molecule has 4 heterocycles. The summed E-state index contributed by atoms with van der Waals surface area (Å²) in [5, 5.41) is 9.16. The highest BCUT2D eigenvalue weighted by Crippen LogP contribution is 2.24. The maximum absolute atomic E-state index is 13.0. The van der Waals surface area contributed by atoms with E-state index in [4.69, 9.17) is 21.4 Å². The van der Waals surface area contributed by atoms with Crippen LogP contribution in [-0.2, 0) is 16.4 Å². The Bertz CT molecular complexity index is 1710. The summed E-state index contributed by atoms with van der Waals surface area (Å²) < 4.78 is 34.6. The van der Waals surface area contributed by atoms with E-state index in [0.717, 1.165) is 21.9 Å². The summed E-state index contributed by atoms with van der Waals surface area (Å²) >= 11 is 5.99. The zero-order valence-corrected chi connectivity index (χ0v) is 22.7. The predicted molar refractivity (Wildman–Crippen MR) is 149 cm³/mol. The van der Waals surface area contributed by atoms with Crippen molar-refractivity contribution in [3.63, 3.8) is 0 Å². The van der Waals surface area contributed by atoms with E-state index in [1.54, 1.807) is 16.6 Å². The highest BCUT2D eigenvalue weighted by Gasteiger charge is 2.20. The number of likely N-dealkylation sites (tertiary alicyclic amines) is 1. The minimum atomic E-state index is -3.89. The predicted octanol–water partition coefficient (Wildman–Crippen LogP) is 4.55. The molecule has 39 heavy (non-hydrogen) atoms. The molecule has 2 aromatic carbocycles. The highest BCUT2D eigenvalue weighted by atomic mass is 35.5. The molecule has 0 unspecified atom stereocenters. The van der Waals surface area contributed by atoms with Crippen molar-refractivity contribution in [2.75, 3.05) is 26.2 Å². The Hall–Kier alpha value is -3.73. The van der Waals surface area contributed by atoms with E-state index < -0.39 is 10.0 Å². The van der Waals surface area contributed by atoms with Crippen molar-refractivity contribution in [2.45, 2.75) is 24.2 Å². The molecule has 0 saturated carbocycles. The summed E-state index contributed by atoms with van der Waals surface area (Å²) in [4.78, 5) is 7.17. The van der Waals surface area contributed by atoms with Crippen LogP contribution < -0.4 is 4.74 Å². The van der Waals surface area contributed by atoms with Crippen molar-refractivity contribution in [3.05, 3.63) is 95.5 Å². The lowest BCUT2D eigenvalue weighted by atomic mass is 10.1. The Morgan fingerprint density at radius 2 is 1.77 bits per heavy atom. The molecule has 0 N–H and O–H groups in total. The number of benzene rings is 2. The third-order valence-electron chi connectivity index (χ3n) is 6.76. The molecule has 0 atom stereocenters. The molecule has 3 aromatic heterocycles. The fraction of sp³-hybridized carbons (Fsp3) is 0.250. The van der Waals surface area contributed by atoms with Gasteiger partial charge in [0.2, 0.25) is 0 Å². The van der Waals surface area contributed by atoms with Gasteiger partial charge in [0.15, 0.2) is 11.5 Å². The van der Waals surface area contributed by atoms with Crippen molar-refractivity contribution in [1.82, 2.24) is 28.7 Å². The average molecular weight is 563 g/mol. The quantitative estimate of drug-likeness (QED) is 0.260. The average Bonchev–Trinajstić information content (AvgIpc) is 3.71. The van der Waals surface area contributed by atoms with Crippen LogP contribution in [0.5, 0.6) is 5.75 Å². The molecule has 9 nitrogen and oxygen atoms in total. The molecule has 5 aromatic rings. The van der Waals surface area contributed by atoms with Gasteiger partial charge in [-0.3, -0.25) is 4.90 Å². The maximum atomic E-state index is 13.0.